The first-order chi connectivity index (χ1) is 19.7. The lowest BCUT2D eigenvalue weighted by Crippen LogP contribution is -2.73. The third-order valence-corrected chi connectivity index (χ3v) is 8.81. The van der Waals surface area contributed by atoms with E-state index < -0.39 is 40.5 Å². The number of carbonyl (C=O) groups excluding carboxylic acids is 1. The van der Waals surface area contributed by atoms with Crippen LogP contribution in [0.2, 0.25) is 0 Å². The summed E-state index contributed by atoms with van der Waals surface area (Å²) in [5, 5.41) is 32.2. The first-order valence-corrected chi connectivity index (χ1v) is 16.9. The van der Waals surface area contributed by atoms with E-state index in [4.69, 9.17) is 0 Å². The summed E-state index contributed by atoms with van der Waals surface area (Å²) < 4.78 is -0.465. The second-order valence-corrected chi connectivity index (χ2v) is 11.8. The predicted octanol–water partition coefficient (Wildman–Crippen LogP) is 7.66. The van der Waals surface area contributed by atoms with Crippen LogP contribution in [0.3, 0.4) is 0 Å². The Balaban J connectivity index is 4.39. The van der Waals surface area contributed by atoms with Crippen molar-refractivity contribution in [1.29, 1.82) is 0 Å². The van der Waals surface area contributed by atoms with Crippen LogP contribution in [0.1, 0.15) is 163 Å². The number of hydrogen-bond donors (Lipinski definition) is 2. The van der Waals surface area contributed by atoms with Gasteiger partial charge in [-0.2, -0.15) is 0 Å². The molecule has 0 amide bonds. The number of carbonyl (C=O) groups is 3. The van der Waals surface area contributed by atoms with Crippen LogP contribution in [-0.4, -0.2) is 57.3 Å². The Kier molecular flexibility index (Phi) is 23.5. The zero-order valence-electron chi connectivity index (χ0n) is 26.9. The maximum atomic E-state index is 12.2. The molecule has 0 spiro atoms. The third-order valence-electron chi connectivity index (χ3n) is 8.81. The summed E-state index contributed by atoms with van der Waals surface area (Å²) in [7, 11) is 0. The fraction of sp³-hybridized carbons (Fsp3) is 0.853. The van der Waals surface area contributed by atoms with E-state index in [1.165, 1.54) is 83.5 Å². The number of aliphatic carboxylic acids is 3. The van der Waals surface area contributed by atoms with Gasteiger partial charge in [0.1, 0.15) is 6.04 Å². The van der Waals surface area contributed by atoms with Crippen LogP contribution < -0.4 is 5.11 Å². The standard InChI is InChI=1S/C34H63NO6/c1-5-9-10-11-12-13-14-15-16-17-18-19-20-21-22-23-24-25-26-27-28-35(29(6-2)32(36)37,30(7-3)33(38)39)31(8-4)34(40)41/h9-10,29-31H,5-8,11-28H2,1-4H3,(H2-,36,37,38,39,40,41)/b10-9+. The number of carboxylic acids is 3. The Morgan fingerprint density at radius 2 is 0.902 bits per heavy atom. The van der Waals surface area contributed by atoms with Gasteiger partial charge in [-0.15, -0.1) is 0 Å². The minimum absolute atomic E-state index is 0.132. The number of quaternary nitrogens is 1. The molecule has 0 aromatic rings. The number of carboxylic acid groups (broad SMARTS) is 3. The van der Waals surface area contributed by atoms with Crippen molar-refractivity contribution in [3.05, 3.63) is 12.2 Å². The van der Waals surface area contributed by atoms with Crippen LogP contribution >= 0.6 is 0 Å². The van der Waals surface area contributed by atoms with Gasteiger partial charge in [-0.3, -0.25) is 4.48 Å². The Morgan fingerprint density at radius 3 is 1.20 bits per heavy atom. The van der Waals surface area contributed by atoms with Crippen molar-refractivity contribution in [3.8, 4) is 0 Å². The molecule has 0 rings (SSSR count). The van der Waals surface area contributed by atoms with E-state index in [1.807, 2.05) is 0 Å². The molecule has 0 aromatic carbocycles. The maximum Gasteiger partial charge on any atom is 0.362 e. The predicted molar refractivity (Wildman–Crippen MR) is 166 cm³/mol. The van der Waals surface area contributed by atoms with Crippen LogP contribution in [0.4, 0.5) is 0 Å². The van der Waals surface area contributed by atoms with Gasteiger partial charge in [0.2, 0.25) is 0 Å². The van der Waals surface area contributed by atoms with E-state index in [0.29, 0.717) is 6.42 Å². The highest BCUT2D eigenvalue weighted by atomic mass is 16.4. The highest BCUT2D eigenvalue weighted by Gasteiger charge is 2.53. The molecule has 0 saturated heterocycles. The lowest BCUT2D eigenvalue weighted by atomic mass is 9.93. The molecule has 0 heterocycles. The molecule has 2 N–H and O–H groups in total. The highest BCUT2D eigenvalue weighted by Crippen LogP contribution is 2.32. The molecule has 0 aliphatic heterocycles. The molecule has 3 atom stereocenters. The zero-order valence-corrected chi connectivity index (χ0v) is 26.9. The van der Waals surface area contributed by atoms with Crippen LogP contribution in [0.25, 0.3) is 0 Å². The smallest absolute Gasteiger partial charge is 0.362 e. The molecular weight excluding hydrogens is 518 g/mol. The van der Waals surface area contributed by atoms with Crippen molar-refractivity contribution in [2.45, 2.75) is 181 Å². The van der Waals surface area contributed by atoms with Crippen molar-refractivity contribution < 1.29 is 34.2 Å². The zero-order chi connectivity index (χ0) is 30.9. The number of unbranched alkanes of at least 4 members (excludes halogenated alkanes) is 16. The van der Waals surface area contributed by atoms with E-state index in [0.717, 1.165) is 25.7 Å². The minimum Gasteiger partial charge on any atom is -0.544 e. The van der Waals surface area contributed by atoms with Crippen molar-refractivity contribution in [2.75, 3.05) is 6.54 Å². The number of nitrogens with zero attached hydrogens (tertiary/aromatic N) is 1. The highest BCUT2D eigenvalue weighted by molar-refractivity contribution is 5.77. The first-order valence-electron chi connectivity index (χ1n) is 16.9. The van der Waals surface area contributed by atoms with Gasteiger partial charge in [0.25, 0.3) is 0 Å². The van der Waals surface area contributed by atoms with E-state index >= 15 is 0 Å². The van der Waals surface area contributed by atoms with Crippen LogP contribution in [0.15, 0.2) is 12.2 Å². The van der Waals surface area contributed by atoms with Gasteiger partial charge in [-0.1, -0.05) is 123 Å². The van der Waals surface area contributed by atoms with Gasteiger partial charge in [0.15, 0.2) is 12.1 Å². The van der Waals surface area contributed by atoms with Crippen LogP contribution in [0, 0.1) is 0 Å². The molecule has 0 radical (unpaired) electrons. The molecule has 0 aliphatic carbocycles. The van der Waals surface area contributed by atoms with Crippen molar-refractivity contribution in [2.24, 2.45) is 0 Å². The summed E-state index contributed by atoms with van der Waals surface area (Å²) in [6, 6.07) is -3.37. The Labute approximate surface area is 251 Å². The fourth-order valence-electron chi connectivity index (χ4n) is 6.67. The molecule has 3 unspecified atom stereocenters. The average Bonchev–Trinajstić information content (AvgIpc) is 2.92. The molecule has 240 valence electrons. The summed E-state index contributed by atoms with van der Waals surface area (Å²) >= 11 is 0. The van der Waals surface area contributed by atoms with Gasteiger partial charge in [-0.25, -0.2) is 9.59 Å². The summed E-state index contributed by atoms with van der Waals surface area (Å²) in [5.41, 5.74) is 0. The Morgan fingerprint density at radius 1 is 0.561 bits per heavy atom. The molecule has 0 saturated carbocycles. The second kappa shape index (κ2) is 24.7. The van der Waals surface area contributed by atoms with E-state index in [2.05, 4.69) is 19.1 Å². The second-order valence-electron chi connectivity index (χ2n) is 11.8. The molecule has 41 heavy (non-hydrogen) atoms. The molecular formula is C34H63NO6. The SMILES string of the molecule is CC/C=C/CCCCCCCCCCCCCCCCCC[N+](C(CC)C(=O)[O-])(C(CC)C(=O)O)C(CC)C(=O)O. The number of rotatable bonds is 29. The maximum absolute atomic E-state index is 12.2. The number of allylic oxidation sites excluding steroid dienone is 2. The fourth-order valence-corrected chi connectivity index (χ4v) is 6.67. The normalized spacial score (nSPS) is 15.4. The van der Waals surface area contributed by atoms with Gasteiger partial charge < -0.3 is 20.1 Å². The van der Waals surface area contributed by atoms with Gasteiger partial charge >= 0.3 is 11.9 Å². The Bertz CT molecular complexity index is 667. The topological polar surface area (TPSA) is 115 Å². The van der Waals surface area contributed by atoms with Gasteiger partial charge in [0.05, 0.1) is 12.5 Å². The van der Waals surface area contributed by atoms with E-state index in [1.54, 1.807) is 20.8 Å². The van der Waals surface area contributed by atoms with Crippen molar-refractivity contribution >= 4 is 17.9 Å². The number of hydrogen-bond acceptors (Lipinski definition) is 4. The molecule has 0 fully saturated rings. The quantitative estimate of drug-likeness (QED) is 0.0532. The average molecular weight is 582 g/mol. The van der Waals surface area contributed by atoms with Crippen molar-refractivity contribution in [1.82, 2.24) is 0 Å². The van der Waals surface area contributed by atoms with Crippen molar-refractivity contribution in [3.63, 3.8) is 0 Å². The largest absolute Gasteiger partial charge is 0.544 e. The first kappa shape index (κ1) is 39.1. The lowest BCUT2D eigenvalue weighted by molar-refractivity contribution is -0.974. The summed E-state index contributed by atoms with van der Waals surface area (Å²) in [6.07, 6.45) is 26.7. The molecule has 0 bridgehead atoms. The Hall–Kier alpha value is -1.89. The molecule has 7 nitrogen and oxygen atoms in total. The monoisotopic (exact) mass is 581 g/mol. The lowest BCUT2D eigenvalue weighted by Gasteiger charge is -2.51. The van der Waals surface area contributed by atoms with Gasteiger partial charge in [-0.05, 0) is 32.1 Å². The summed E-state index contributed by atoms with van der Waals surface area (Å²) in [5.74, 6) is -3.64. The molecule has 0 aromatic heterocycles. The third kappa shape index (κ3) is 15.2. The van der Waals surface area contributed by atoms with Gasteiger partial charge in [0, 0.05) is 19.3 Å². The summed E-state index contributed by atoms with van der Waals surface area (Å²) in [4.78, 5) is 36.7. The molecule has 0 aliphatic rings. The van der Waals surface area contributed by atoms with E-state index in [-0.39, 0.29) is 25.8 Å². The van der Waals surface area contributed by atoms with E-state index in [9.17, 15) is 29.7 Å². The molecule has 7 heteroatoms. The minimum atomic E-state index is -1.36. The van der Waals surface area contributed by atoms with Crippen LogP contribution in [0.5, 0.6) is 0 Å². The van der Waals surface area contributed by atoms with Crippen LogP contribution in [-0.2, 0) is 14.4 Å². The summed E-state index contributed by atoms with van der Waals surface area (Å²) in [6.45, 7) is 7.46.